The third-order valence-electron chi connectivity index (χ3n) is 8.30. The van der Waals surface area contributed by atoms with Gasteiger partial charge in [0.2, 0.25) is 21.8 Å². The lowest BCUT2D eigenvalue weighted by Gasteiger charge is -2.32. The molecular weight excluding hydrogens is 616 g/mol. The third-order valence-corrected chi connectivity index (χ3v) is 10.3. The van der Waals surface area contributed by atoms with Gasteiger partial charge in [-0.2, -0.15) is 0 Å². The fourth-order valence-electron chi connectivity index (χ4n) is 5.94. The first-order valence-corrected chi connectivity index (χ1v) is 17.8. The molecule has 3 aliphatic heterocycles. The second kappa shape index (κ2) is 15.4. The molecule has 1 atom stereocenters. The number of carbonyl (C=O) groups is 5. The van der Waals surface area contributed by atoms with Gasteiger partial charge in [-0.15, -0.1) is 0 Å². The van der Waals surface area contributed by atoms with Crippen LogP contribution in [0.3, 0.4) is 0 Å². The topological polar surface area (TPSA) is 168 Å². The monoisotopic (exact) mass is 662 g/mol. The van der Waals surface area contributed by atoms with Crippen molar-refractivity contribution in [3.05, 3.63) is 29.3 Å². The minimum absolute atomic E-state index is 0.0588. The van der Waals surface area contributed by atoms with Crippen molar-refractivity contribution in [2.24, 2.45) is 0 Å². The molecule has 0 spiro atoms. The van der Waals surface area contributed by atoms with E-state index in [4.69, 9.17) is 9.47 Å². The summed E-state index contributed by atoms with van der Waals surface area (Å²) in [7, 11) is -3.33. The minimum Gasteiger partial charge on any atom is -0.493 e. The molecule has 14 heteroatoms. The van der Waals surface area contributed by atoms with E-state index in [-0.39, 0.29) is 35.8 Å². The first kappa shape index (κ1) is 35.3. The van der Waals surface area contributed by atoms with Crippen LogP contribution in [0.4, 0.5) is 4.79 Å². The largest absolute Gasteiger partial charge is 0.493 e. The van der Waals surface area contributed by atoms with Crippen LogP contribution in [0.5, 0.6) is 5.75 Å². The zero-order valence-corrected chi connectivity index (χ0v) is 27.8. The van der Waals surface area contributed by atoms with E-state index in [9.17, 15) is 32.4 Å². The van der Waals surface area contributed by atoms with Crippen LogP contribution in [0.2, 0.25) is 0 Å². The maximum Gasteiger partial charge on any atom is 0.407 e. The number of nitrogens with one attached hydrogen (secondary N) is 2. The van der Waals surface area contributed by atoms with Crippen LogP contribution >= 0.6 is 0 Å². The number of fused-ring (bicyclic) bond motifs is 1. The number of unbranched alkanes of at least 4 members (excludes halogenated alkanes) is 6. The Labute approximate surface area is 270 Å². The van der Waals surface area contributed by atoms with Gasteiger partial charge in [0.1, 0.15) is 17.4 Å². The molecule has 254 valence electrons. The Morgan fingerprint density at radius 3 is 2.24 bits per heavy atom. The number of hydrogen-bond acceptors (Lipinski definition) is 9. The smallest absolute Gasteiger partial charge is 0.407 e. The maximum absolute atomic E-state index is 13.2. The molecular formula is C32H46N4O9S. The van der Waals surface area contributed by atoms with Gasteiger partial charge >= 0.3 is 6.09 Å². The van der Waals surface area contributed by atoms with Gasteiger partial charge in [-0.3, -0.25) is 29.4 Å². The molecule has 0 radical (unpaired) electrons. The Kier molecular flexibility index (Phi) is 11.8. The quantitative estimate of drug-likeness (QED) is 0.224. The van der Waals surface area contributed by atoms with Crippen LogP contribution < -0.4 is 15.4 Å². The Bertz CT molecular complexity index is 1410. The van der Waals surface area contributed by atoms with Gasteiger partial charge in [-0.05, 0) is 65.0 Å². The maximum atomic E-state index is 13.2. The highest BCUT2D eigenvalue weighted by molar-refractivity contribution is 7.89. The van der Waals surface area contributed by atoms with Gasteiger partial charge in [0.15, 0.2) is 0 Å². The predicted molar refractivity (Wildman–Crippen MR) is 169 cm³/mol. The lowest BCUT2D eigenvalue weighted by atomic mass is 10.0. The number of nitrogens with zero attached hydrogens (tertiary/aromatic N) is 2. The summed E-state index contributed by atoms with van der Waals surface area (Å²) in [5, 5.41) is 5.02. The number of benzene rings is 1. The number of imide groups is 2. The van der Waals surface area contributed by atoms with Crippen molar-refractivity contribution in [3.8, 4) is 5.75 Å². The first-order valence-electron chi connectivity index (χ1n) is 16.2. The van der Waals surface area contributed by atoms with Gasteiger partial charge in [0.05, 0.1) is 23.5 Å². The van der Waals surface area contributed by atoms with Crippen LogP contribution in [0.25, 0.3) is 0 Å². The van der Waals surface area contributed by atoms with E-state index in [1.807, 2.05) is 0 Å². The van der Waals surface area contributed by atoms with E-state index >= 15 is 0 Å². The number of piperidine rings is 2. The van der Waals surface area contributed by atoms with Gasteiger partial charge < -0.3 is 14.8 Å². The Hall–Kier alpha value is -3.52. The summed E-state index contributed by atoms with van der Waals surface area (Å²) < 4.78 is 38.3. The van der Waals surface area contributed by atoms with Crippen molar-refractivity contribution >= 4 is 39.7 Å². The standard InChI is InChI=1S/C32H46N4O9S/c1-32(2,3)45-31(41)33-22-16-18-35(19-17-22)46(42,43)21-10-8-6-4-5-7-9-20-44-25-13-11-12-23-27(25)30(40)36(29(23)39)24-14-15-26(37)34-28(24)38/h11-13,22,24H,4-10,14-21H2,1-3H3,(H,33,41)(H,34,37,38). The van der Waals surface area contributed by atoms with Crippen LogP contribution in [0.15, 0.2) is 18.2 Å². The summed E-state index contributed by atoms with van der Waals surface area (Å²) in [5.41, 5.74) is -0.243. The Morgan fingerprint density at radius 2 is 1.59 bits per heavy atom. The molecule has 3 aliphatic rings. The van der Waals surface area contributed by atoms with E-state index in [1.54, 1.807) is 32.9 Å². The zero-order valence-electron chi connectivity index (χ0n) is 27.0. The lowest BCUT2D eigenvalue weighted by molar-refractivity contribution is -0.136. The highest BCUT2D eigenvalue weighted by atomic mass is 32.2. The van der Waals surface area contributed by atoms with Crippen molar-refractivity contribution in [2.45, 2.75) is 109 Å². The number of ether oxygens (including phenoxy) is 2. The molecule has 2 saturated heterocycles. The molecule has 0 aromatic heterocycles. The molecule has 1 unspecified atom stereocenters. The van der Waals surface area contributed by atoms with Crippen molar-refractivity contribution in [1.29, 1.82) is 0 Å². The number of carbonyl (C=O) groups excluding carboxylic acids is 5. The van der Waals surface area contributed by atoms with Crippen LogP contribution in [-0.2, 0) is 24.3 Å². The summed E-state index contributed by atoms with van der Waals surface area (Å²) in [6, 6.07) is 3.69. The molecule has 46 heavy (non-hydrogen) atoms. The summed E-state index contributed by atoms with van der Waals surface area (Å²) in [4.78, 5) is 62.8. The SMILES string of the molecule is CC(C)(C)OC(=O)NC1CCN(S(=O)(=O)CCCCCCCCCOc2cccc3c2C(=O)N(C2CCC(=O)NC2=O)C3=O)CC1. The fourth-order valence-corrected chi connectivity index (χ4v) is 7.53. The number of sulfonamides is 1. The summed E-state index contributed by atoms with van der Waals surface area (Å²) in [6.07, 6.45) is 6.72. The van der Waals surface area contributed by atoms with Crippen molar-refractivity contribution in [2.75, 3.05) is 25.4 Å². The van der Waals surface area contributed by atoms with Gasteiger partial charge in [-0.1, -0.05) is 38.2 Å². The van der Waals surface area contributed by atoms with Crippen LogP contribution in [0, 0.1) is 0 Å². The fraction of sp³-hybridized carbons (Fsp3) is 0.656. The summed E-state index contributed by atoms with van der Waals surface area (Å²) in [6.45, 7) is 6.53. The highest BCUT2D eigenvalue weighted by Gasteiger charge is 2.46. The minimum atomic E-state index is -3.33. The van der Waals surface area contributed by atoms with Crippen molar-refractivity contribution in [1.82, 2.24) is 19.8 Å². The van der Waals surface area contributed by atoms with E-state index in [0.717, 1.165) is 43.4 Å². The van der Waals surface area contributed by atoms with Crippen LogP contribution in [-0.4, -0.2) is 90.5 Å². The average Bonchev–Trinajstić information content (AvgIpc) is 3.23. The van der Waals surface area contributed by atoms with Gasteiger partial charge in [0, 0.05) is 25.6 Å². The molecule has 0 bridgehead atoms. The third kappa shape index (κ3) is 9.27. The van der Waals surface area contributed by atoms with E-state index in [0.29, 0.717) is 44.7 Å². The molecule has 13 nitrogen and oxygen atoms in total. The van der Waals surface area contributed by atoms with Crippen LogP contribution in [0.1, 0.15) is 112 Å². The van der Waals surface area contributed by atoms with Gasteiger partial charge in [0.25, 0.3) is 11.8 Å². The molecule has 1 aromatic rings. The van der Waals surface area contributed by atoms with Gasteiger partial charge in [-0.25, -0.2) is 17.5 Å². The van der Waals surface area contributed by atoms with E-state index in [1.165, 1.54) is 10.4 Å². The number of amides is 5. The highest BCUT2D eigenvalue weighted by Crippen LogP contribution is 2.33. The normalized spacial score (nSPS) is 19.6. The number of alkyl carbamates (subject to hydrolysis) is 1. The number of rotatable bonds is 14. The summed E-state index contributed by atoms with van der Waals surface area (Å²) in [5.74, 6) is -1.81. The Balaban J connectivity index is 1.08. The molecule has 5 amide bonds. The Morgan fingerprint density at radius 1 is 0.935 bits per heavy atom. The van der Waals surface area contributed by atoms with E-state index in [2.05, 4.69) is 10.6 Å². The predicted octanol–water partition coefficient (Wildman–Crippen LogP) is 3.52. The molecule has 2 fully saturated rings. The molecule has 4 rings (SSSR count). The molecule has 1 aromatic carbocycles. The van der Waals surface area contributed by atoms with Crippen molar-refractivity contribution < 1.29 is 41.9 Å². The molecule has 2 N–H and O–H groups in total. The molecule has 0 aliphatic carbocycles. The second-order valence-corrected chi connectivity index (χ2v) is 15.2. The average molecular weight is 663 g/mol. The summed E-state index contributed by atoms with van der Waals surface area (Å²) >= 11 is 0. The second-order valence-electron chi connectivity index (χ2n) is 13.1. The van der Waals surface area contributed by atoms with Crippen molar-refractivity contribution in [3.63, 3.8) is 0 Å². The lowest BCUT2D eigenvalue weighted by Crippen LogP contribution is -2.54. The number of hydrogen-bond donors (Lipinski definition) is 2. The van der Waals surface area contributed by atoms with E-state index < -0.39 is 51.4 Å². The zero-order chi connectivity index (χ0) is 33.5. The molecule has 0 saturated carbocycles. The first-order chi connectivity index (χ1) is 21.8. The molecule has 3 heterocycles.